The molecule has 0 bridgehead atoms. The van der Waals surface area contributed by atoms with E-state index in [2.05, 4.69) is 52.0 Å². The molecule has 1 aliphatic heterocycles. The van der Waals surface area contributed by atoms with Gasteiger partial charge in [-0.25, -0.2) is 4.98 Å². The number of hydrogen-bond donors (Lipinski definition) is 0. The van der Waals surface area contributed by atoms with Gasteiger partial charge in [-0.2, -0.15) is 0 Å². The molecule has 0 aliphatic carbocycles. The zero-order chi connectivity index (χ0) is 32.4. The van der Waals surface area contributed by atoms with E-state index in [4.69, 9.17) is 4.98 Å². The Morgan fingerprint density at radius 3 is 2.59 bits per heavy atom. The van der Waals surface area contributed by atoms with Crippen LogP contribution in [-0.4, -0.2) is 77.7 Å². The summed E-state index contributed by atoms with van der Waals surface area (Å²) in [6.07, 6.45) is 1.03. The van der Waals surface area contributed by atoms with Gasteiger partial charge in [0.15, 0.2) is 5.65 Å². The van der Waals surface area contributed by atoms with Crippen LogP contribution in [0.2, 0.25) is 0 Å². The number of fused-ring (bicyclic) bond motifs is 3. The molecule has 5 aromatic rings. The van der Waals surface area contributed by atoms with Crippen LogP contribution >= 0.6 is 11.8 Å². The average Bonchev–Trinajstić information content (AvgIpc) is 3.34. The highest BCUT2D eigenvalue weighted by Gasteiger charge is 2.31. The highest BCUT2D eigenvalue weighted by Crippen LogP contribution is 2.29. The van der Waals surface area contributed by atoms with E-state index in [-0.39, 0.29) is 29.1 Å². The SMILES string of the molecule is Cc1ccc2c(c1)c1nnc(SCCCC(=O)N3CCN(C(=O)c4ccc(C)c([N+](=O)[O-])c4)[C@@H](C)C3)nc1n2Cc1ccccc1. The average molecular weight is 638 g/mol. The maximum atomic E-state index is 13.2. The zero-order valence-corrected chi connectivity index (χ0v) is 26.9. The summed E-state index contributed by atoms with van der Waals surface area (Å²) >= 11 is 1.49. The Labute approximate surface area is 270 Å². The van der Waals surface area contributed by atoms with Gasteiger partial charge in [0.25, 0.3) is 11.6 Å². The number of carbonyl (C=O) groups is 2. The van der Waals surface area contributed by atoms with Gasteiger partial charge < -0.3 is 14.4 Å². The minimum absolute atomic E-state index is 0.0402. The van der Waals surface area contributed by atoms with Crippen molar-refractivity contribution in [2.24, 2.45) is 0 Å². The lowest BCUT2D eigenvalue weighted by atomic mass is 10.1. The van der Waals surface area contributed by atoms with Crippen LogP contribution in [-0.2, 0) is 11.3 Å². The summed E-state index contributed by atoms with van der Waals surface area (Å²) in [6, 6.07) is 20.9. The minimum Gasteiger partial charge on any atom is -0.339 e. The third kappa shape index (κ3) is 6.43. The van der Waals surface area contributed by atoms with Crippen LogP contribution in [0, 0.1) is 24.0 Å². The summed E-state index contributed by atoms with van der Waals surface area (Å²) in [5.74, 6) is 0.443. The molecular weight excluding hydrogens is 602 g/mol. The molecule has 11 nitrogen and oxygen atoms in total. The topological polar surface area (TPSA) is 127 Å². The highest BCUT2D eigenvalue weighted by molar-refractivity contribution is 7.99. The monoisotopic (exact) mass is 637 g/mol. The van der Waals surface area contributed by atoms with Crippen LogP contribution in [0.25, 0.3) is 22.1 Å². The molecule has 1 fully saturated rings. The van der Waals surface area contributed by atoms with Crippen molar-refractivity contribution in [3.63, 3.8) is 0 Å². The van der Waals surface area contributed by atoms with E-state index < -0.39 is 4.92 Å². The van der Waals surface area contributed by atoms with Crippen LogP contribution < -0.4 is 0 Å². The normalized spacial score (nSPS) is 15.1. The van der Waals surface area contributed by atoms with E-state index in [1.165, 1.54) is 23.4 Å². The Bertz CT molecular complexity index is 1950. The molecule has 0 N–H and O–H groups in total. The third-order valence-electron chi connectivity index (χ3n) is 8.45. The molecule has 0 spiro atoms. The predicted molar refractivity (Wildman–Crippen MR) is 178 cm³/mol. The van der Waals surface area contributed by atoms with Crippen molar-refractivity contribution in [3.8, 4) is 0 Å². The summed E-state index contributed by atoms with van der Waals surface area (Å²) in [4.78, 5) is 45.5. The molecule has 1 saturated heterocycles. The Morgan fingerprint density at radius 2 is 1.83 bits per heavy atom. The zero-order valence-electron chi connectivity index (χ0n) is 26.0. The number of rotatable bonds is 9. The predicted octanol–water partition coefficient (Wildman–Crippen LogP) is 5.80. The van der Waals surface area contributed by atoms with E-state index in [0.29, 0.717) is 55.5 Å². The lowest BCUT2D eigenvalue weighted by Gasteiger charge is -2.40. The summed E-state index contributed by atoms with van der Waals surface area (Å²) in [5, 5.41) is 21.9. The molecule has 1 atom stereocenters. The first kappa shape index (κ1) is 31.2. The Balaban J connectivity index is 1.06. The number of carbonyl (C=O) groups excluding carboxylic acids is 2. The minimum atomic E-state index is -0.474. The van der Waals surface area contributed by atoms with Gasteiger partial charge in [0, 0.05) is 67.0 Å². The van der Waals surface area contributed by atoms with E-state index in [0.717, 1.165) is 27.6 Å². The molecule has 0 unspecified atom stereocenters. The maximum Gasteiger partial charge on any atom is 0.273 e. The van der Waals surface area contributed by atoms with Crippen LogP contribution in [0.4, 0.5) is 5.69 Å². The van der Waals surface area contributed by atoms with Crippen molar-refractivity contribution in [2.75, 3.05) is 25.4 Å². The lowest BCUT2D eigenvalue weighted by molar-refractivity contribution is -0.385. The number of hydrogen-bond acceptors (Lipinski definition) is 8. The molecule has 2 aromatic heterocycles. The number of aryl methyl sites for hydroxylation is 2. The quantitative estimate of drug-likeness (QED) is 0.0859. The molecule has 236 valence electrons. The number of nitrogens with zero attached hydrogens (tertiary/aromatic N) is 7. The van der Waals surface area contributed by atoms with Gasteiger partial charge in [-0.05, 0) is 51.0 Å². The van der Waals surface area contributed by atoms with Crippen molar-refractivity contribution in [1.82, 2.24) is 29.5 Å². The largest absolute Gasteiger partial charge is 0.339 e. The number of piperazine rings is 1. The number of amides is 2. The first-order valence-corrected chi connectivity index (χ1v) is 16.3. The molecule has 3 aromatic carbocycles. The van der Waals surface area contributed by atoms with Gasteiger partial charge in [0.2, 0.25) is 11.1 Å². The molecule has 6 rings (SSSR count). The van der Waals surface area contributed by atoms with Crippen molar-refractivity contribution >= 4 is 51.3 Å². The van der Waals surface area contributed by atoms with Crippen molar-refractivity contribution in [3.05, 3.63) is 99.1 Å². The molecule has 1 aliphatic rings. The molecular formula is C34H35N7O4S. The van der Waals surface area contributed by atoms with Crippen LogP contribution in [0.15, 0.2) is 71.9 Å². The standard InChI is InChI=1S/C34H35N7O4S/c1-22-11-14-28-27(18-22)31-32(40(28)21-25-8-5-4-6-9-25)35-34(37-36-31)46-17-7-10-30(42)38-15-16-39(24(3)20-38)33(43)26-13-12-23(2)29(19-26)41(44)45/h4-6,8-9,11-14,18-19,24H,7,10,15-17,20-21H2,1-3H3/t24-/m0/s1. The fourth-order valence-corrected chi connectivity index (χ4v) is 6.70. The first-order valence-electron chi connectivity index (χ1n) is 15.3. The van der Waals surface area contributed by atoms with Crippen molar-refractivity contribution in [1.29, 1.82) is 0 Å². The van der Waals surface area contributed by atoms with Crippen LogP contribution in [0.5, 0.6) is 0 Å². The van der Waals surface area contributed by atoms with Gasteiger partial charge in [-0.3, -0.25) is 19.7 Å². The molecule has 3 heterocycles. The third-order valence-corrected chi connectivity index (χ3v) is 9.37. The van der Waals surface area contributed by atoms with Gasteiger partial charge in [0.1, 0.15) is 5.52 Å². The number of benzene rings is 3. The molecule has 0 saturated carbocycles. The second-order valence-electron chi connectivity index (χ2n) is 11.8. The Kier molecular flexibility index (Phi) is 8.98. The maximum absolute atomic E-state index is 13.2. The van der Waals surface area contributed by atoms with Crippen molar-refractivity contribution in [2.45, 2.75) is 51.4 Å². The van der Waals surface area contributed by atoms with E-state index in [1.807, 2.05) is 25.1 Å². The van der Waals surface area contributed by atoms with Gasteiger partial charge in [0.05, 0.1) is 10.4 Å². The van der Waals surface area contributed by atoms with Crippen molar-refractivity contribution < 1.29 is 14.5 Å². The van der Waals surface area contributed by atoms with E-state index >= 15 is 0 Å². The fourth-order valence-electron chi connectivity index (χ4n) is 5.98. The Hall–Kier alpha value is -4.84. The van der Waals surface area contributed by atoms with E-state index in [9.17, 15) is 19.7 Å². The Morgan fingerprint density at radius 1 is 1.02 bits per heavy atom. The van der Waals surface area contributed by atoms with E-state index in [1.54, 1.807) is 28.9 Å². The molecule has 12 heteroatoms. The summed E-state index contributed by atoms with van der Waals surface area (Å²) < 4.78 is 2.19. The number of nitro benzene ring substituents is 1. The van der Waals surface area contributed by atoms with Crippen LogP contribution in [0.3, 0.4) is 0 Å². The first-order chi connectivity index (χ1) is 22.2. The smallest absolute Gasteiger partial charge is 0.273 e. The number of aromatic nitrogens is 4. The lowest BCUT2D eigenvalue weighted by Crippen LogP contribution is -2.55. The van der Waals surface area contributed by atoms with Gasteiger partial charge >= 0.3 is 0 Å². The fraction of sp³-hybridized carbons (Fsp3) is 0.324. The van der Waals surface area contributed by atoms with Gasteiger partial charge in [-0.1, -0.05) is 59.8 Å². The molecule has 2 amide bonds. The number of thioether (sulfide) groups is 1. The summed E-state index contributed by atoms with van der Waals surface area (Å²) in [7, 11) is 0. The summed E-state index contributed by atoms with van der Waals surface area (Å²) in [5.41, 5.74) is 5.68. The van der Waals surface area contributed by atoms with Gasteiger partial charge in [-0.15, -0.1) is 10.2 Å². The molecule has 0 radical (unpaired) electrons. The summed E-state index contributed by atoms with van der Waals surface area (Å²) in [6.45, 7) is 7.49. The highest BCUT2D eigenvalue weighted by atomic mass is 32.2. The second kappa shape index (κ2) is 13.3. The molecule has 46 heavy (non-hydrogen) atoms. The second-order valence-corrected chi connectivity index (χ2v) is 12.8. The number of nitro groups is 1. The van der Waals surface area contributed by atoms with Crippen LogP contribution in [0.1, 0.15) is 46.8 Å².